The van der Waals surface area contributed by atoms with Crippen LogP contribution >= 0.6 is 22.7 Å². The summed E-state index contributed by atoms with van der Waals surface area (Å²) in [5, 5.41) is 26.4. The molecule has 0 bridgehead atoms. The number of rotatable bonds is 6. The minimum absolute atomic E-state index is 0.437. The maximum atomic E-state index is 13.0. The van der Waals surface area contributed by atoms with E-state index in [1.165, 1.54) is 22.7 Å². The van der Waals surface area contributed by atoms with E-state index in [1.807, 2.05) is 45.8 Å². The highest BCUT2D eigenvalue weighted by atomic mass is 32.1. The van der Waals surface area contributed by atoms with Gasteiger partial charge in [0.2, 0.25) is 0 Å². The quantitative estimate of drug-likeness (QED) is 0.165. The molecule has 2 heterocycles. The van der Waals surface area contributed by atoms with Gasteiger partial charge in [0.15, 0.2) is 0 Å². The van der Waals surface area contributed by atoms with Crippen LogP contribution in [0.1, 0.15) is 11.1 Å². The summed E-state index contributed by atoms with van der Waals surface area (Å²) in [6, 6.07) is 25.0. The second-order valence-corrected chi connectivity index (χ2v) is 13.2. The van der Waals surface area contributed by atoms with Crippen molar-refractivity contribution in [2.24, 2.45) is 0 Å². The SMILES string of the molecule is OC(c1ccc(-c2ccccc2-c2ccsc2)cc1)(C(F)(F)F)C(F)(F)F.OC(c1ccc(-c2ccccc2-c2ccsc2)cc1)(C(F)(F)F)C(F)(F)F. The van der Waals surface area contributed by atoms with Crippen molar-refractivity contribution in [1.29, 1.82) is 0 Å². The van der Waals surface area contributed by atoms with Crippen LogP contribution in [0.5, 0.6) is 0 Å². The van der Waals surface area contributed by atoms with Gasteiger partial charge < -0.3 is 10.2 Å². The van der Waals surface area contributed by atoms with Crippen molar-refractivity contribution < 1.29 is 62.9 Å². The Hall–Kier alpha value is -4.64. The zero-order valence-corrected chi connectivity index (χ0v) is 28.6. The molecule has 0 amide bonds. The van der Waals surface area contributed by atoms with Gasteiger partial charge in [0, 0.05) is 11.1 Å². The summed E-state index contributed by atoms with van der Waals surface area (Å²) in [6.45, 7) is 0. The van der Waals surface area contributed by atoms with Gasteiger partial charge in [-0.3, -0.25) is 0 Å². The lowest BCUT2D eigenvalue weighted by Crippen LogP contribution is -2.53. The Kier molecular flexibility index (Phi) is 11.2. The van der Waals surface area contributed by atoms with Crippen molar-refractivity contribution in [3.63, 3.8) is 0 Å². The minimum atomic E-state index is -5.90. The van der Waals surface area contributed by atoms with E-state index in [0.717, 1.165) is 46.5 Å². The zero-order chi connectivity index (χ0) is 39.7. The number of hydrogen-bond donors (Lipinski definition) is 2. The maximum Gasteiger partial charge on any atom is 0.430 e. The standard InChI is InChI=1S/2C19H12F6OS/c2*20-18(21,22)17(26,19(23,24)25)14-7-5-12(6-8-14)15-3-1-2-4-16(15)13-9-10-27-11-13/h2*1-11,26H. The van der Waals surface area contributed by atoms with Gasteiger partial charge in [0.05, 0.1) is 0 Å². The third-order valence-corrected chi connectivity index (χ3v) is 9.75. The van der Waals surface area contributed by atoms with Gasteiger partial charge in [-0.2, -0.15) is 75.4 Å². The summed E-state index contributed by atoms with van der Waals surface area (Å²) in [4.78, 5) is 0. The van der Waals surface area contributed by atoms with Crippen LogP contribution in [0.25, 0.3) is 44.5 Å². The molecule has 2 N–H and O–H groups in total. The molecule has 0 radical (unpaired) electrons. The molecular formula is C38H24F12O2S2. The predicted molar refractivity (Wildman–Crippen MR) is 182 cm³/mol. The van der Waals surface area contributed by atoms with Gasteiger partial charge in [0.1, 0.15) is 0 Å². The number of hydrogen-bond acceptors (Lipinski definition) is 4. The van der Waals surface area contributed by atoms with Crippen LogP contribution in [-0.4, -0.2) is 34.9 Å². The summed E-state index contributed by atoms with van der Waals surface area (Å²) >= 11 is 2.93. The Morgan fingerprint density at radius 1 is 0.333 bits per heavy atom. The molecule has 16 heteroatoms. The average molecular weight is 805 g/mol. The molecule has 2 nitrogen and oxygen atoms in total. The molecule has 0 atom stereocenters. The molecule has 0 aliphatic rings. The van der Waals surface area contributed by atoms with E-state index in [9.17, 15) is 62.9 Å². The second kappa shape index (κ2) is 14.9. The van der Waals surface area contributed by atoms with Gasteiger partial charge in [0.25, 0.3) is 11.2 Å². The first-order chi connectivity index (χ1) is 25.1. The van der Waals surface area contributed by atoms with E-state index in [2.05, 4.69) is 0 Å². The van der Waals surface area contributed by atoms with Gasteiger partial charge in [-0.1, -0.05) is 97.1 Å². The van der Waals surface area contributed by atoms with Crippen LogP contribution in [0.15, 0.2) is 131 Å². The van der Waals surface area contributed by atoms with Crippen LogP contribution < -0.4 is 0 Å². The minimum Gasteiger partial charge on any atom is -0.369 e. The molecule has 0 unspecified atom stereocenters. The van der Waals surface area contributed by atoms with Gasteiger partial charge in [-0.05, 0) is 78.2 Å². The molecule has 0 saturated carbocycles. The number of thiophene rings is 2. The summed E-state index contributed by atoms with van der Waals surface area (Å²) in [7, 11) is 0. The molecule has 0 aliphatic carbocycles. The molecule has 284 valence electrons. The third-order valence-electron chi connectivity index (χ3n) is 8.39. The first-order valence-corrected chi connectivity index (χ1v) is 17.2. The van der Waals surface area contributed by atoms with E-state index in [4.69, 9.17) is 0 Å². The van der Waals surface area contributed by atoms with Gasteiger partial charge in [-0.15, -0.1) is 0 Å². The normalized spacial score (nSPS) is 13.0. The van der Waals surface area contributed by atoms with Crippen molar-refractivity contribution in [3.05, 3.63) is 142 Å². The molecule has 6 rings (SSSR count). The van der Waals surface area contributed by atoms with Crippen molar-refractivity contribution in [2.75, 3.05) is 0 Å². The predicted octanol–water partition coefficient (Wildman–Crippen LogP) is 12.8. The molecule has 54 heavy (non-hydrogen) atoms. The Morgan fingerprint density at radius 2 is 0.593 bits per heavy atom. The largest absolute Gasteiger partial charge is 0.430 e. The van der Waals surface area contributed by atoms with E-state index >= 15 is 0 Å². The lowest BCUT2D eigenvalue weighted by Gasteiger charge is -2.32. The molecule has 0 saturated heterocycles. The number of benzene rings is 4. The average Bonchev–Trinajstić information content (AvgIpc) is 3.85. The molecule has 0 aliphatic heterocycles. The second-order valence-electron chi connectivity index (χ2n) is 11.7. The van der Waals surface area contributed by atoms with E-state index < -0.39 is 47.0 Å². The number of aliphatic hydroxyl groups is 2. The van der Waals surface area contributed by atoms with Crippen LogP contribution in [0.2, 0.25) is 0 Å². The third kappa shape index (κ3) is 7.65. The van der Waals surface area contributed by atoms with Gasteiger partial charge >= 0.3 is 24.7 Å². The van der Waals surface area contributed by atoms with Crippen LogP contribution in [-0.2, 0) is 11.2 Å². The number of halogens is 12. The Balaban J connectivity index is 0.000000208. The highest BCUT2D eigenvalue weighted by molar-refractivity contribution is 7.08. The number of alkyl halides is 12. The van der Waals surface area contributed by atoms with E-state index in [-0.39, 0.29) is 0 Å². The highest BCUT2D eigenvalue weighted by Crippen LogP contribution is 2.51. The van der Waals surface area contributed by atoms with Crippen molar-refractivity contribution in [3.8, 4) is 44.5 Å². The van der Waals surface area contributed by atoms with E-state index in [1.54, 1.807) is 36.4 Å². The summed E-state index contributed by atoms with van der Waals surface area (Å²) in [5.41, 5.74) is -6.84. The molecular weight excluding hydrogens is 781 g/mol. The van der Waals surface area contributed by atoms with Crippen LogP contribution in [0.4, 0.5) is 52.7 Å². The first-order valence-electron chi connectivity index (χ1n) is 15.3. The topological polar surface area (TPSA) is 40.5 Å². The molecule has 4 aromatic carbocycles. The lowest BCUT2D eigenvalue weighted by molar-refractivity contribution is -0.376. The van der Waals surface area contributed by atoms with E-state index in [0.29, 0.717) is 46.5 Å². The fraction of sp³-hybridized carbons (Fsp3) is 0.158. The van der Waals surface area contributed by atoms with Crippen molar-refractivity contribution in [2.45, 2.75) is 35.9 Å². The molecule has 0 fully saturated rings. The Morgan fingerprint density at radius 3 is 0.815 bits per heavy atom. The monoisotopic (exact) mass is 804 g/mol. The summed E-state index contributed by atoms with van der Waals surface area (Å²) in [6.07, 6.45) is -23.6. The highest BCUT2D eigenvalue weighted by Gasteiger charge is 2.72. The maximum absolute atomic E-state index is 13.0. The van der Waals surface area contributed by atoms with Gasteiger partial charge in [-0.25, -0.2) is 0 Å². The van der Waals surface area contributed by atoms with Crippen molar-refractivity contribution in [1.82, 2.24) is 0 Å². The molecule has 0 spiro atoms. The fourth-order valence-corrected chi connectivity index (χ4v) is 6.88. The Bertz CT molecular complexity index is 1950. The van der Waals surface area contributed by atoms with Crippen LogP contribution in [0.3, 0.4) is 0 Å². The lowest BCUT2D eigenvalue weighted by atomic mass is 9.89. The fourth-order valence-electron chi connectivity index (χ4n) is 5.57. The smallest absolute Gasteiger partial charge is 0.369 e. The van der Waals surface area contributed by atoms with Crippen molar-refractivity contribution >= 4 is 22.7 Å². The summed E-state index contributed by atoms with van der Waals surface area (Å²) < 4.78 is 156. The summed E-state index contributed by atoms with van der Waals surface area (Å²) in [5.74, 6) is 0. The Labute approximate surface area is 307 Å². The zero-order valence-electron chi connectivity index (χ0n) is 26.9. The van der Waals surface area contributed by atoms with Crippen LogP contribution in [0, 0.1) is 0 Å². The molecule has 2 aromatic heterocycles. The first kappa shape index (κ1) is 40.5. The molecule has 6 aromatic rings.